The van der Waals surface area contributed by atoms with Gasteiger partial charge in [-0.25, -0.2) is 9.78 Å². The van der Waals surface area contributed by atoms with Gasteiger partial charge in [-0.05, 0) is 25.0 Å². The van der Waals surface area contributed by atoms with Crippen molar-refractivity contribution in [3.05, 3.63) is 28.8 Å². The summed E-state index contributed by atoms with van der Waals surface area (Å²) in [5.74, 6) is 0. The van der Waals surface area contributed by atoms with Crippen LogP contribution in [-0.4, -0.2) is 20.6 Å². The number of H-pyrrole nitrogens is 1. The van der Waals surface area contributed by atoms with E-state index in [1.807, 2.05) is 12.1 Å². The molecular weight excluding hydrogens is 192 g/mol. The Balaban J connectivity index is 2.17. The molecule has 1 aliphatic carbocycles. The summed E-state index contributed by atoms with van der Waals surface area (Å²) in [5.41, 5.74) is 7.17. The first kappa shape index (κ1) is 8.67. The van der Waals surface area contributed by atoms with E-state index < -0.39 is 0 Å². The lowest BCUT2D eigenvalue weighted by atomic mass is 9.87. The Hall–Kier alpha value is -1.62. The number of hydrogen-bond donors (Lipinski definition) is 2. The molecule has 15 heavy (non-hydrogen) atoms. The predicted molar refractivity (Wildman–Crippen MR) is 56.6 cm³/mol. The summed E-state index contributed by atoms with van der Waals surface area (Å²) in [6, 6.07) is 4.13. The highest BCUT2D eigenvalue weighted by molar-refractivity contribution is 5.70. The molecule has 0 spiro atoms. The minimum atomic E-state index is -0.0828. The highest BCUT2D eigenvalue weighted by atomic mass is 16.1. The number of rotatable bonds is 1. The molecule has 78 valence electrons. The van der Waals surface area contributed by atoms with Gasteiger partial charge in [0, 0.05) is 18.3 Å². The largest absolute Gasteiger partial charge is 0.328 e. The minimum absolute atomic E-state index is 0.0828. The second-order valence-electron chi connectivity index (χ2n) is 4.06. The normalized spacial score (nSPS) is 25.4. The maximum atomic E-state index is 11.7. The summed E-state index contributed by atoms with van der Waals surface area (Å²) in [6.07, 6.45) is 3.43. The van der Waals surface area contributed by atoms with Gasteiger partial charge in [-0.1, -0.05) is 0 Å². The zero-order valence-corrected chi connectivity index (χ0v) is 8.18. The van der Waals surface area contributed by atoms with E-state index >= 15 is 0 Å². The summed E-state index contributed by atoms with van der Waals surface area (Å²) < 4.78 is 1.72. The van der Waals surface area contributed by atoms with Crippen LogP contribution in [0.1, 0.15) is 18.9 Å². The molecule has 5 nitrogen and oxygen atoms in total. The molecule has 1 aliphatic rings. The van der Waals surface area contributed by atoms with E-state index in [0.29, 0.717) is 0 Å². The Kier molecular flexibility index (Phi) is 1.70. The van der Waals surface area contributed by atoms with Gasteiger partial charge in [0.1, 0.15) is 0 Å². The van der Waals surface area contributed by atoms with Crippen LogP contribution < -0.4 is 11.4 Å². The molecule has 2 heterocycles. The van der Waals surface area contributed by atoms with Crippen LogP contribution in [-0.2, 0) is 0 Å². The zero-order valence-electron chi connectivity index (χ0n) is 8.18. The number of nitrogens with zero attached hydrogens (tertiary/aromatic N) is 2. The van der Waals surface area contributed by atoms with Gasteiger partial charge in [-0.3, -0.25) is 4.57 Å². The SMILES string of the molecule is N[C@H]1C[C@H](n2c(=O)[nH]c3cccnc32)C1. The molecule has 0 radical (unpaired) electrons. The van der Waals surface area contributed by atoms with E-state index in [9.17, 15) is 4.79 Å². The number of pyridine rings is 1. The third-order valence-electron chi connectivity index (χ3n) is 2.99. The lowest BCUT2D eigenvalue weighted by Crippen LogP contribution is -2.40. The summed E-state index contributed by atoms with van der Waals surface area (Å²) in [4.78, 5) is 18.7. The van der Waals surface area contributed by atoms with Gasteiger partial charge < -0.3 is 10.7 Å². The van der Waals surface area contributed by atoms with E-state index in [-0.39, 0.29) is 17.8 Å². The van der Waals surface area contributed by atoms with Gasteiger partial charge in [-0.2, -0.15) is 0 Å². The first-order chi connectivity index (χ1) is 7.25. The number of nitrogens with one attached hydrogen (secondary N) is 1. The molecule has 0 amide bonds. The number of aromatic amines is 1. The molecule has 0 bridgehead atoms. The summed E-state index contributed by atoms with van der Waals surface area (Å²) in [5, 5.41) is 0. The Bertz CT molecular complexity index is 550. The molecule has 3 N–H and O–H groups in total. The fourth-order valence-corrected chi connectivity index (χ4v) is 2.14. The molecule has 0 unspecified atom stereocenters. The highest BCUT2D eigenvalue weighted by Gasteiger charge is 2.30. The maximum Gasteiger partial charge on any atom is 0.327 e. The van der Waals surface area contributed by atoms with E-state index in [1.54, 1.807) is 10.8 Å². The third kappa shape index (κ3) is 1.20. The molecule has 0 aromatic carbocycles. The number of nitrogens with two attached hydrogens (primary N) is 1. The Labute approximate surface area is 85.9 Å². The molecule has 2 aromatic rings. The van der Waals surface area contributed by atoms with E-state index in [0.717, 1.165) is 24.0 Å². The van der Waals surface area contributed by atoms with E-state index in [2.05, 4.69) is 9.97 Å². The third-order valence-corrected chi connectivity index (χ3v) is 2.99. The molecule has 2 aromatic heterocycles. The van der Waals surface area contributed by atoms with Crippen molar-refractivity contribution in [2.24, 2.45) is 5.73 Å². The molecule has 0 atom stereocenters. The van der Waals surface area contributed by atoms with Crippen molar-refractivity contribution in [2.45, 2.75) is 24.9 Å². The van der Waals surface area contributed by atoms with Gasteiger partial charge in [-0.15, -0.1) is 0 Å². The van der Waals surface area contributed by atoms with Crippen molar-refractivity contribution in [3.63, 3.8) is 0 Å². The van der Waals surface area contributed by atoms with Crippen molar-refractivity contribution >= 4 is 11.2 Å². The van der Waals surface area contributed by atoms with Crippen molar-refractivity contribution in [1.82, 2.24) is 14.5 Å². The molecular formula is C10H12N4O. The topological polar surface area (TPSA) is 76.7 Å². The summed E-state index contributed by atoms with van der Waals surface area (Å²) in [7, 11) is 0. The molecule has 1 fully saturated rings. The zero-order chi connectivity index (χ0) is 10.4. The van der Waals surface area contributed by atoms with Crippen LogP contribution in [0.3, 0.4) is 0 Å². The fourth-order valence-electron chi connectivity index (χ4n) is 2.14. The van der Waals surface area contributed by atoms with Gasteiger partial charge >= 0.3 is 5.69 Å². The standard InChI is InChI=1S/C10H12N4O/c11-6-4-7(5-6)14-9-8(13-10(14)15)2-1-3-12-9/h1-3,6-7H,4-5,11H2,(H,13,15)/t6-,7-. The van der Waals surface area contributed by atoms with Crippen molar-refractivity contribution in [3.8, 4) is 0 Å². The average molecular weight is 204 g/mol. The first-order valence-corrected chi connectivity index (χ1v) is 5.06. The average Bonchev–Trinajstić information content (AvgIpc) is 2.49. The predicted octanol–water partition coefficient (Wildman–Crippen LogP) is 0.387. The number of hydrogen-bond acceptors (Lipinski definition) is 3. The van der Waals surface area contributed by atoms with Crippen LogP contribution in [0.25, 0.3) is 11.2 Å². The second-order valence-corrected chi connectivity index (χ2v) is 4.06. The highest BCUT2D eigenvalue weighted by Crippen LogP contribution is 2.31. The van der Waals surface area contributed by atoms with Crippen LogP contribution in [0.15, 0.2) is 23.1 Å². The molecule has 3 rings (SSSR count). The fraction of sp³-hybridized carbons (Fsp3) is 0.400. The van der Waals surface area contributed by atoms with E-state index in [4.69, 9.17) is 5.73 Å². The lowest BCUT2D eigenvalue weighted by molar-refractivity contribution is 0.266. The summed E-state index contributed by atoms with van der Waals surface area (Å²) in [6.45, 7) is 0. The van der Waals surface area contributed by atoms with Crippen molar-refractivity contribution in [2.75, 3.05) is 0 Å². The van der Waals surface area contributed by atoms with Gasteiger partial charge in [0.25, 0.3) is 0 Å². The number of aromatic nitrogens is 3. The quantitative estimate of drug-likeness (QED) is 0.705. The Morgan fingerprint density at radius 3 is 3.07 bits per heavy atom. The monoisotopic (exact) mass is 204 g/mol. The maximum absolute atomic E-state index is 11.7. The summed E-state index contributed by atoms with van der Waals surface area (Å²) >= 11 is 0. The van der Waals surface area contributed by atoms with Crippen molar-refractivity contribution in [1.29, 1.82) is 0 Å². The second kappa shape index (κ2) is 2.93. The molecule has 0 saturated heterocycles. The van der Waals surface area contributed by atoms with Crippen LogP contribution in [0.4, 0.5) is 0 Å². The molecule has 1 saturated carbocycles. The Morgan fingerprint density at radius 1 is 1.53 bits per heavy atom. The van der Waals surface area contributed by atoms with Crippen LogP contribution in [0, 0.1) is 0 Å². The van der Waals surface area contributed by atoms with Gasteiger partial charge in [0.05, 0.1) is 5.52 Å². The molecule has 5 heteroatoms. The van der Waals surface area contributed by atoms with Crippen LogP contribution in [0.2, 0.25) is 0 Å². The molecule has 0 aliphatic heterocycles. The number of fused-ring (bicyclic) bond motifs is 1. The van der Waals surface area contributed by atoms with Crippen LogP contribution >= 0.6 is 0 Å². The smallest absolute Gasteiger partial charge is 0.327 e. The van der Waals surface area contributed by atoms with Crippen LogP contribution in [0.5, 0.6) is 0 Å². The van der Waals surface area contributed by atoms with Gasteiger partial charge in [0.2, 0.25) is 0 Å². The Morgan fingerprint density at radius 2 is 2.33 bits per heavy atom. The minimum Gasteiger partial charge on any atom is -0.328 e. The number of imidazole rings is 1. The van der Waals surface area contributed by atoms with Gasteiger partial charge in [0.15, 0.2) is 5.65 Å². The van der Waals surface area contributed by atoms with E-state index in [1.165, 1.54) is 0 Å². The van der Waals surface area contributed by atoms with Crippen molar-refractivity contribution < 1.29 is 0 Å². The first-order valence-electron chi connectivity index (χ1n) is 5.06. The lowest BCUT2D eigenvalue weighted by Gasteiger charge is -2.32.